The number of ether oxygens (including phenoxy) is 2. The third-order valence-corrected chi connectivity index (χ3v) is 3.42. The first-order valence-corrected chi connectivity index (χ1v) is 8.80. The van der Waals surface area contributed by atoms with E-state index >= 15 is 0 Å². The molecule has 0 fully saturated rings. The molecular weight excluding hydrogens is 362 g/mol. The Morgan fingerprint density at radius 2 is 1.43 bits per heavy atom. The van der Waals surface area contributed by atoms with Crippen LogP contribution < -0.4 is 25.4 Å². The Balaban J connectivity index is 1.72. The van der Waals surface area contributed by atoms with Crippen LogP contribution in [0.5, 0.6) is 11.5 Å². The van der Waals surface area contributed by atoms with Crippen molar-refractivity contribution in [2.24, 2.45) is 0 Å². The van der Waals surface area contributed by atoms with Crippen molar-refractivity contribution in [3.8, 4) is 11.5 Å². The van der Waals surface area contributed by atoms with E-state index < -0.39 is 11.8 Å². The minimum absolute atomic E-state index is 0.108. The van der Waals surface area contributed by atoms with Gasteiger partial charge in [-0.1, -0.05) is 24.3 Å². The molecule has 28 heavy (non-hydrogen) atoms. The van der Waals surface area contributed by atoms with Gasteiger partial charge in [0, 0.05) is 18.3 Å². The molecule has 8 heteroatoms. The van der Waals surface area contributed by atoms with Gasteiger partial charge in [0.15, 0.2) is 13.2 Å². The van der Waals surface area contributed by atoms with Crippen LogP contribution in [0.2, 0.25) is 0 Å². The van der Waals surface area contributed by atoms with E-state index in [4.69, 9.17) is 9.47 Å². The Labute approximate surface area is 163 Å². The zero-order valence-corrected chi connectivity index (χ0v) is 15.6. The van der Waals surface area contributed by atoms with E-state index in [2.05, 4.69) is 16.0 Å². The first-order chi connectivity index (χ1) is 13.6. The number of para-hydroxylation sites is 1. The van der Waals surface area contributed by atoms with Gasteiger partial charge in [-0.05, 0) is 31.2 Å². The van der Waals surface area contributed by atoms with Gasteiger partial charge >= 0.3 is 0 Å². The lowest BCUT2D eigenvalue weighted by molar-refractivity contribution is -0.125. The van der Waals surface area contributed by atoms with Crippen molar-refractivity contribution in [2.75, 3.05) is 31.6 Å². The number of hydrogen-bond donors (Lipinski definition) is 3. The number of carbonyl (C=O) groups excluding carboxylic acids is 3. The number of nitrogens with one attached hydrogen (secondary N) is 3. The van der Waals surface area contributed by atoms with Crippen LogP contribution in [-0.4, -0.2) is 44.0 Å². The molecule has 2 aromatic rings. The average Bonchev–Trinajstić information content (AvgIpc) is 2.70. The van der Waals surface area contributed by atoms with E-state index in [9.17, 15) is 14.4 Å². The van der Waals surface area contributed by atoms with Gasteiger partial charge in [-0.3, -0.25) is 14.4 Å². The maximum atomic E-state index is 12.0. The van der Waals surface area contributed by atoms with Gasteiger partial charge in [0.25, 0.3) is 11.8 Å². The first-order valence-electron chi connectivity index (χ1n) is 8.80. The smallest absolute Gasteiger partial charge is 0.258 e. The van der Waals surface area contributed by atoms with E-state index in [1.54, 1.807) is 48.5 Å². The van der Waals surface area contributed by atoms with Crippen LogP contribution in [0.3, 0.4) is 0 Å². The molecule has 0 unspecified atom stereocenters. The molecule has 0 saturated carbocycles. The molecule has 148 valence electrons. The van der Waals surface area contributed by atoms with Crippen LogP contribution in [0.4, 0.5) is 5.69 Å². The lowest BCUT2D eigenvalue weighted by atomic mass is 10.3. The average molecular weight is 385 g/mol. The quantitative estimate of drug-likeness (QED) is 0.572. The lowest BCUT2D eigenvalue weighted by Gasteiger charge is -2.10. The van der Waals surface area contributed by atoms with E-state index in [-0.39, 0.29) is 25.7 Å². The molecule has 8 nitrogen and oxygen atoms in total. The van der Waals surface area contributed by atoms with Crippen molar-refractivity contribution in [3.05, 3.63) is 54.6 Å². The molecule has 2 rings (SSSR count). The van der Waals surface area contributed by atoms with Crippen molar-refractivity contribution >= 4 is 23.4 Å². The number of benzene rings is 2. The van der Waals surface area contributed by atoms with Crippen molar-refractivity contribution < 1.29 is 23.9 Å². The minimum atomic E-state index is -0.405. The SMILES string of the molecule is CCNC(=O)COc1cccc(NC(=O)CNC(=O)COc2ccccc2)c1. The molecule has 0 aliphatic heterocycles. The molecule has 0 aromatic heterocycles. The summed E-state index contributed by atoms with van der Waals surface area (Å²) in [6.45, 7) is 1.87. The second kappa shape index (κ2) is 11.2. The summed E-state index contributed by atoms with van der Waals surface area (Å²) in [7, 11) is 0. The van der Waals surface area contributed by atoms with Crippen LogP contribution in [-0.2, 0) is 14.4 Å². The normalized spacial score (nSPS) is 9.89. The minimum Gasteiger partial charge on any atom is -0.484 e. The summed E-state index contributed by atoms with van der Waals surface area (Å²) in [5.41, 5.74) is 0.494. The topological polar surface area (TPSA) is 106 Å². The van der Waals surface area contributed by atoms with Crippen molar-refractivity contribution in [1.82, 2.24) is 10.6 Å². The van der Waals surface area contributed by atoms with E-state index in [1.165, 1.54) is 0 Å². The molecular formula is C20H23N3O5. The number of hydrogen-bond acceptors (Lipinski definition) is 5. The summed E-state index contributed by atoms with van der Waals surface area (Å²) in [5.74, 6) is 0.000202. The van der Waals surface area contributed by atoms with Gasteiger partial charge < -0.3 is 25.4 Å². The second-order valence-electron chi connectivity index (χ2n) is 5.70. The molecule has 0 bridgehead atoms. The third-order valence-electron chi connectivity index (χ3n) is 3.42. The van der Waals surface area contributed by atoms with E-state index in [0.29, 0.717) is 23.7 Å². The predicted octanol–water partition coefficient (Wildman–Crippen LogP) is 1.34. The number of anilines is 1. The molecule has 3 amide bonds. The molecule has 0 aliphatic carbocycles. The van der Waals surface area contributed by atoms with Crippen LogP contribution in [0.1, 0.15) is 6.92 Å². The fourth-order valence-corrected chi connectivity index (χ4v) is 2.16. The number of amides is 3. The Hall–Kier alpha value is -3.55. The summed E-state index contributed by atoms with van der Waals surface area (Å²) < 4.78 is 10.7. The molecule has 0 saturated heterocycles. The fourth-order valence-electron chi connectivity index (χ4n) is 2.16. The van der Waals surface area contributed by atoms with E-state index in [0.717, 1.165) is 0 Å². The summed E-state index contributed by atoms with van der Waals surface area (Å²) in [6.07, 6.45) is 0. The van der Waals surface area contributed by atoms with Crippen LogP contribution in [0, 0.1) is 0 Å². The Morgan fingerprint density at radius 3 is 2.14 bits per heavy atom. The summed E-state index contributed by atoms with van der Waals surface area (Å²) in [6, 6.07) is 15.6. The summed E-state index contributed by atoms with van der Waals surface area (Å²) >= 11 is 0. The van der Waals surface area contributed by atoms with Crippen LogP contribution >= 0.6 is 0 Å². The van der Waals surface area contributed by atoms with Crippen LogP contribution in [0.25, 0.3) is 0 Å². The summed E-state index contributed by atoms with van der Waals surface area (Å²) in [4.78, 5) is 35.2. The molecule has 0 atom stereocenters. The second-order valence-corrected chi connectivity index (χ2v) is 5.70. The largest absolute Gasteiger partial charge is 0.484 e. The van der Waals surface area contributed by atoms with Gasteiger partial charge in [0.2, 0.25) is 5.91 Å². The highest BCUT2D eigenvalue weighted by molar-refractivity contribution is 5.94. The maximum absolute atomic E-state index is 12.0. The highest BCUT2D eigenvalue weighted by Crippen LogP contribution is 2.17. The Bertz CT molecular complexity index is 795. The molecule has 0 aliphatic rings. The monoisotopic (exact) mass is 385 g/mol. The highest BCUT2D eigenvalue weighted by atomic mass is 16.5. The first kappa shape index (κ1) is 20.8. The number of rotatable bonds is 10. The van der Waals surface area contributed by atoms with Crippen molar-refractivity contribution in [3.63, 3.8) is 0 Å². The van der Waals surface area contributed by atoms with Crippen LogP contribution in [0.15, 0.2) is 54.6 Å². The van der Waals surface area contributed by atoms with Crippen molar-refractivity contribution in [2.45, 2.75) is 6.92 Å². The summed E-state index contributed by atoms with van der Waals surface area (Å²) in [5, 5.41) is 7.76. The number of likely N-dealkylation sites (N-methyl/N-ethyl adjacent to an activating group) is 1. The molecule has 0 heterocycles. The number of carbonyl (C=O) groups is 3. The zero-order valence-electron chi connectivity index (χ0n) is 15.6. The van der Waals surface area contributed by atoms with Gasteiger partial charge in [-0.25, -0.2) is 0 Å². The Kier molecular flexibility index (Phi) is 8.32. The van der Waals surface area contributed by atoms with E-state index in [1.807, 2.05) is 13.0 Å². The third kappa shape index (κ3) is 7.77. The van der Waals surface area contributed by atoms with Crippen molar-refractivity contribution in [1.29, 1.82) is 0 Å². The molecule has 2 aromatic carbocycles. The fraction of sp³-hybridized carbons (Fsp3) is 0.250. The van der Waals surface area contributed by atoms with Gasteiger partial charge in [0.1, 0.15) is 11.5 Å². The predicted molar refractivity (Wildman–Crippen MR) is 104 cm³/mol. The zero-order chi connectivity index (χ0) is 20.2. The molecule has 0 radical (unpaired) electrons. The van der Waals surface area contributed by atoms with Gasteiger partial charge in [-0.2, -0.15) is 0 Å². The highest BCUT2D eigenvalue weighted by Gasteiger charge is 2.08. The lowest BCUT2D eigenvalue weighted by Crippen LogP contribution is -2.35. The Morgan fingerprint density at radius 1 is 0.786 bits per heavy atom. The van der Waals surface area contributed by atoms with Gasteiger partial charge in [-0.15, -0.1) is 0 Å². The molecule has 0 spiro atoms. The molecule has 3 N–H and O–H groups in total. The maximum Gasteiger partial charge on any atom is 0.258 e. The standard InChI is InChI=1S/C20H23N3O5/c1-2-21-19(25)13-28-17-10-6-7-15(11-17)23-18(24)12-22-20(26)14-27-16-8-4-3-5-9-16/h3-11H,2,12-14H2,1H3,(H,21,25)(H,22,26)(H,23,24). The van der Waals surface area contributed by atoms with Gasteiger partial charge in [0.05, 0.1) is 6.54 Å².